The van der Waals surface area contributed by atoms with E-state index in [1.54, 1.807) is 11.1 Å². The van der Waals surface area contributed by atoms with Crippen molar-refractivity contribution in [1.82, 2.24) is 0 Å². The van der Waals surface area contributed by atoms with Gasteiger partial charge in [0.25, 0.3) is 0 Å². The normalized spacial score (nSPS) is 21.6. The molecule has 0 aromatic heterocycles. The van der Waals surface area contributed by atoms with Crippen molar-refractivity contribution in [3.63, 3.8) is 0 Å². The second-order valence-corrected chi connectivity index (χ2v) is 10.4. The molecule has 31 heavy (non-hydrogen) atoms. The predicted molar refractivity (Wildman–Crippen MR) is 139 cm³/mol. The molecule has 1 aromatic carbocycles. The minimum absolute atomic E-state index is 0.930. The van der Waals surface area contributed by atoms with Crippen LogP contribution in [0.15, 0.2) is 36.4 Å². The van der Waals surface area contributed by atoms with E-state index in [-0.39, 0.29) is 0 Å². The van der Waals surface area contributed by atoms with Gasteiger partial charge in [0.15, 0.2) is 0 Å². The number of rotatable bonds is 13. The summed E-state index contributed by atoms with van der Waals surface area (Å²) in [4.78, 5) is 0. The number of hydrogen-bond donors (Lipinski definition) is 0. The fourth-order valence-electron chi connectivity index (χ4n) is 5.70. The predicted octanol–water partition coefficient (Wildman–Crippen LogP) is 10.4. The molecule has 0 nitrogen and oxygen atoms in total. The largest absolute Gasteiger partial charge is 0.0804 e. The quantitative estimate of drug-likeness (QED) is 0.278. The van der Waals surface area contributed by atoms with Crippen LogP contribution in [0.2, 0.25) is 0 Å². The molecule has 172 valence electrons. The van der Waals surface area contributed by atoms with Crippen LogP contribution in [0, 0.1) is 11.8 Å². The Bertz CT molecular complexity index is 674. The van der Waals surface area contributed by atoms with Crippen molar-refractivity contribution in [3.05, 3.63) is 47.5 Å². The Morgan fingerprint density at radius 1 is 0.581 bits per heavy atom. The molecular formula is C31H48. The summed E-state index contributed by atoms with van der Waals surface area (Å²) in [6.07, 6.45) is 28.7. The third kappa shape index (κ3) is 8.28. The van der Waals surface area contributed by atoms with Crippen molar-refractivity contribution >= 4 is 11.1 Å². The first kappa shape index (κ1) is 24.3. The van der Waals surface area contributed by atoms with E-state index in [0.717, 1.165) is 11.8 Å². The van der Waals surface area contributed by atoms with Crippen LogP contribution in [0.5, 0.6) is 0 Å². The van der Waals surface area contributed by atoms with Crippen LogP contribution in [-0.2, 0) is 0 Å². The maximum absolute atomic E-state index is 2.56. The summed E-state index contributed by atoms with van der Waals surface area (Å²) < 4.78 is 0. The molecule has 0 N–H and O–H groups in total. The summed E-state index contributed by atoms with van der Waals surface area (Å²) in [5.41, 5.74) is 6.11. The van der Waals surface area contributed by atoms with E-state index >= 15 is 0 Å². The highest BCUT2D eigenvalue weighted by Gasteiger charge is 2.17. The van der Waals surface area contributed by atoms with Gasteiger partial charge in [-0.3, -0.25) is 0 Å². The lowest BCUT2D eigenvalue weighted by molar-refractivity contribution is 0.422. The zero-order valence-electron chi connectivity index (χ0n) is 20.6. The summed E-state index contributed by atoms with van der Waals surface area (Å²) >= 11 is 0. The van der Waals surface area contributed by atoms with Gasteiger partial charge in [0, 0.05) is 0 Å². The standard InChI is InChI=1S/C31H48/c1-3-5-6-7-8-9-10-11-13-27-16-20-29(21-17-27)31-24-22-30(23-25-31)28-18-14-26(12-4-2)15-19-28/h18,20,22-27H,3-17,19,21H2,1-2H3. The van der Waals surface area contributed by atoms with Gasteiger partial charge >= 0.3 is 0 Å². The average Bonchev–Trinajstić information content (AvgIpc) is 2.82. The summed E-state index contributed by atoms with van der Waals surface area (Å²) in [6.45, 7) is 4.62. The number of hydrogen-bond acceptors (Lipinski definition) is 0. The van der Waals surface area contributed by atoms with E-state index in [0.29, 0.717) is 0 Å². The Morgan fingerprint density at radius 2 is 1.06 bits per heavy atom. The van der Waals surface area contributed by atoms with E-state index < -0.39 is 0 Å². The van der Waals surface area contributed by atoms with Crippen LogP contribution in [0.3, 0.4) is 0 Å². The Kier molecular flexibility index (Phi) is 11.0. The highest BCUT2D eigenvalue weighted by atomic mass is 14.2. The number of allylic oxidation sites excluding steroid dienone is 4. The Hall–Kier alpha value is -1.30. The Labute approximate surface area is 193 Å². The second kappa shape index (κ2) is 14.0. The topological polar surface area (TPSA) is 0 Å². The van der Waals surface area contributed by atoms with Gasteiger partial charge in [0.2, 0.25) is 0 Å². The van der Waals surface area contributed by atoms with Crippen LogP contribution in [-0.4, -0.2) is 0 Å². The van der Waals surface area contributed by atoms with E-state index in [9.17, 15) is 0 Å². The lowest BCUT2D eigenvalue weighted by Crippen LogP contribution is -2.06. The van der Waals surface area contributed by atoms with Gasteiger partial charge in [-0.25, -0.2) is 0 Å². The van der Waals surface area contributed by atoms with Crippen molar-refractivity contribution < 1.29 is 0 Å². The van der Waals surface area contributed by atoms with Crippen molar-refractivity contribution in [2.24, 2.45) is 11.8 Å². The first-order valence-electron chi connectivity index (χ1n) is 13.8. The summed E-state index contributed by atoms with van der Waals surface area (Å²) in [5, 5.41) is 0. The first-order chi connectivity index (χ1) is 15.3. The molecule has 0 amide bonds. The Balaban J connectivity index is 1.37. The molecule has 0 spiro atoms. The van der Waals surface area contributed by atoms with Gasteiger partial charge < -0.3 is 0 Å². The third-order valence-corrected chi connectivity index (χ3v) is 7.83. The smallest absolute Gasteiger partial charge is 0.0227 e. The SMILES string of the molecule is CCCCCCCCCCC1CC=C(c2ccc(C3=CCC(CCC)CC3)cc2)CC1. The molecule has 1 aromatic rings. The summed E-state index contributed by atoms with van der Waals surface area (Å²) in [5.74, 6) is 1.87. The Morgan fingerprint density at radius 3 is 1.52 bits per heavy atom. The fraction of sp³-hybridized carbons (Fsp3) is 0.677. The lowest BCUT2D eigenvalue weighted by Gasteiger charge is -2.23. The van der Waals surface area contributed by atoms with Gasteiger partial charge in [-0.1, -0.05) is 121 Å². The second-order valence-electron chi connectivity index (χ2n) is 10.4. The summed E-state index contributed by atoms with van der Waals surface area (Å²) in [6, 6.07) is 9.54. The third-order valence-electron chi connectivity index (χ3n) is 7.83. The molecule has 0 radical (unpaired) electrons. The van der Waals surface area contributed by atoms with Crippen LogP contribution in [0.4, 0.5) is 0 Å². The van der Waals surface area contributed by atoms with E-state index in [1.807, 2.05) is 0 Å². The van der Waals surface area contributed by atoms with Crippen molar-refractivity contribution in [2.75, 3.05) is 0 Å². The molecule has 0 fully saturated rings. The minimum Gasteiger partial charge on any atom is -0.0804 e. The zero-order chi connectivity index (χ0) is 21.7. The van der Waals surface area contributed by atoms with Crippen LogP contribution < -0.4 is 0 Å². The molecule has 0 heterocycles. The molecule has 2 atom stereocenters. The maximum atomic E-state index is 2.56. The highest BCUT2D eigenvalue weighted by molar-refractivity contribution is 5.71. The molecule has 0 saturated heterocycles. The van der Waals surface area contributed by atoms with Gasteiger partial charge in [0.1, 0.15) is 0 Å². The van der Waals surface area contributed by atoms with Crippen LogP contribution >= 0.6 is 0 Å². The molecule has 0 bridgehead atoms. The molecule has 0 aliphatic heterocycles. The molecule has 0 heteroatoms. The van der Waals surface area contributed by atoms with E-state index in [4.69, 9.17) is 0 Å². The summed E-state index contributed by atoms with van der Waals surface area (Å²) in [7, 11) is 0. The molecular weight excluding hydrogens is 372 g/mol. The van der Waals surface area contributed by atoms with E-state index in [2.05, 4.69) is 50.3 Å². The monoisotopic (exact) mass is 420 g/mol. The zero-order valence-corrected chi connectivity index (χ0v) is 20.6. The maximum Gasteiger partial charge on any atom is -0.0227 e. The van der Waals surface area contributed by atoms with Crippen molar-refractivity contribution in [3.8, 4) is 0 Å². The van der Waals surface area contributed by atoms with Crippen molar-refractivity contribution in [1.29, 1.82) is 0 Å². The molecule has 2 aliphatic rings. The number of benzene rings is 1. The fourth-order valence-corrected chi connectivity index (χ4v) is 5.70. The molecule has 2 aliphatic carbocycles. The van der Waals surface area contributed by atoms with Gasteiger partial charge in [-0.2, -0.15) is 0 Å². The molecule has 2 unspecified atom stereocenters. The minimum atomic E-state index is 0.930. The van der Waals surface area contributed by atoms with Crippen molar-refractivity contribution in [2.45, 2.75) is 123 Å². The van der Waals surface area contributed by atoms with Gasteiger partial charge in [0.05, 0.1) is 0 Å². The van der Waals surface area contributed by atoms with Crippen LogP contribution in [0.1, 0.15) is 134 Å². The van der Waals surface area contributed by atoms with Gasteiger partial charge in [-0.15, -0.1) is 0 Å². The van der Waals surface area contributed by atoms with Crippen LogP contribution in [0.25, 0.3) is 11.1 Å². The van der Waals surface area contributed by atoms with Gasteiger partial charge in [-0.05, 0) is 72.6 Å². The lowest BCUT2D eigenvalue weighted by atomic mass is 9.82. The highest BCUT2D eigenvalue weighted by Crippen LogP contribution is 2.35. The number of unbranched alkanes of at least 4 members (excludes halogenated alkanes) is 7. The molecule has 0 saturated carbocycles. The van der Waals surface area contributed by atoms with E-state index in [1.165, 1.54) is 120 Å². The first-order valence-corrected chi connectivity index (χ1v) is 13.8. The average molecular weight is 421 g/mol. The molecule has 3 rings (SSSR count).